The number of furan rings is 1. The van der Waals surface area contributed by atoms with Gasteiger partial charge in [-0.2, -0.15) is 0 Å². The van der Waals surface area contributed by atoms with Gasteiger partial charge in [-0.05, 0) is 59.3 Å². The number of hydrogen-bond acceptors (Lipinski definition) is 2. The maximum Gasteiger partial charge on any atom is 0.164 e. The van der Waals surface area contributed by atoms with Gasteiger partial charge in [-0.1, -0.05) is 23.7 Å². The second-order valence-electron chi connectivity index (χ2n) is 3.86. The minimum absolute atomic E-state index is 0.273. The van der Waals surface area contributed by atoms with Crippen LogP contribution in [0.4, 0.5) is 0 Å². The molecule has 0 unspecified atom stereocenters. The van der Waals surface area contributed by atoms with Gasteiger partial charge in [0, 0.05) is 11.1 Å². The predicted octanol–water partition coefficient (Wildman–Crippen LogP) is 4.39. The lowest BCUT2D eigenvalue weighted by molar-refractivity contribution is 0.445. The van der Waals surface area contributed by atoms with Crippen LogP contribution >= 0.6 is 34.2 Å². The zero-order valence-electron chi connectivity index (χ0n) is 9.41. The third-order valence-corrected chi connectivity index (χ3v) is 3.41. The zero-order valence-corrected chi connectivity index (χ0v) is 12.3. The Morgan fingerprint density at radius 3 is 2.53 bits per heavy atom. The third-order valence-electron chi connectivity index (χ3n) is 2.58. The summed E-state index contributed by atoms with van der Waals surface area (Å²) in [5.74, 6) is 0.954. The molecule has 90 valence electrons. The van der Waals surface area contributed by atoms with Crippen LogP contribution in [0.25, 0.3) is 0 Å². The van der Waals surface area contributed by atoms with Gasteiger partial charge in [0.1, 0.15) is 5.76 Å². The SMILES string of the molecule is C[C@H](NCc1ccc(I)o1)c1ccc(Cl)cc1. The Morgan fingerprint density at radius 2 is 1.94 bits per heavy atom. The fraction of sp³-hybridized carbons (Fsp3) is 0.231. The van der Waals surface area contributed by atoms with Crippen LogP contribution in [0.5, 0.6) is 0 Å². The maximum atomic E-state index is 5.86. The van der Waals surface area contributed by atoms with Gasteiger partial charge in [-0.3, -0.25) is 0 Å². The molecule has 0 aliphatic carbocycles. The highest BCUT2D eigenvalue weighted by Gasteiger charge is 2.06. The summed E-state index contributed by atoms with van der Waals surface area (Å²) in [4.78, 5) is 0. The average molecular weight is 362 g/mol. The first-order valence-corrected chi connectivity index (χ1v) is 6.84. The summed E-state index contributed by atoms with van der Waals surface area (Å²) in [6, 6.07) is 12.1. The fourth-order valence-corrected chi connectivity index (χ4v) is 2.16. The van der Waals surface area contributed by atoms with Crippen LogP contribution in [0.15, 0.2) is 40.8 Å². The normalized spacial score (nSPS) is 12.6. The van der Waals surface area contributed by atoms with Gasteiger partial charge >= 0.3 is 0 Å². The maximum absolute atomic E-state index is 5.86. The fourth-order valence-electron chi connectivity index (χ4n) is 1.57. The van der Waals surface area contributed by atoms with Gasteiger partial charge in [-0.15, -0.1) is 0 Å². The van der Waals surface area contributed by atoms with Crippen molar-refractivity contribution in [2.24, 2.45) is 0 Å². The summed E-state index contributed by atoms with van der Waals surface area (Å²) in [6.45, 7) is 2.85. The summed E-state index contributed by atoms with van der Waals surface area (Å²) >= 11 is 8.02. The van der Waals surface area contributed by atoms with E-state index in [0.29, 0.717) is 0 Å². The lowest BCUT2D eigenvalue weighted by Crippen LogP contribution is -2.17. The van der Waals surface area contributed by atoms with E-state index in [1.165, 1.54) is 5.56 Å². The van der Waals surface area contributed by atoms with Crippen molar-refractivity contribution in [1.29, 1.82) is 0 Å². The first-order valence-electron chi connectivity index (χ1n) is 5.38. The molecule has 2 rings (SSSR count). The number of halogens is 2. The second kappa shape index (κ2) is 5.89. The Balaban J connectivity index is 1.93. The Morgan fingerprint density at radius 1 is 1.24 bits per heavy atom. The van der Waals surface area contributed by atoms with Crippen LogP contribution in [-0.2, 0) is 6.54 Å². The molecule has 17 heavy (non-hydrogen) atoms. The van der Waals surface area contributed by atoms with Crippen molar-refractivity contribution in [2.75, 3.05) is 0 Å². The van der Waals surface area contributed by atoms with Crippen LogP contribution in [0.3, 0.4) is 0 Å². The number of hydrogen-bond donors (Lipinski definition) is 1. The monoisotopic (exact) mass is 361 g/mol. The summed E-state index contributed by atoms with van der Waals surface area (Å²) in [7, 11) is 0. The van der Waals surface area contributed by atoms with Crippen LogP contribution < -0.4 is 5.32 Å². The van der Waals surface area contributed by atoms with Crippen molar-refractivity contribution < 1.29 is 4.42 Å². The third kappa shape index (κ3) is 3.72. The molecule has 0 bridgehead atoms. The van der Waals surface area contributed by atoms with Crippen LogP contribution in [0, 0.1) is 3.77 Å². The Kier molecular flexibility index (Phi) is 4.48. The molecule has 0 saturated carbocycles. The summed E-state index contributed by atoms with van der Waals surface area (Å²) in [5.41, 5.74) is 1.22. The van der Waals surface area contributed by atoms with Crippen molar-refractivity contribution in [1.82, 2.24) is 5.32 Å². The molecule has 0 amide bonds. The van der Waals surface area contributed by atoms with Crippen LogP contribution in [0.2, 0.25) is 5.02 Å². The summed E-state index contributed by atoms with van der Waals surface area (Å²) < 4.78 is 6.41. The van der Waals surface area contributed by atoms with Crippen molar-refractivity contribution >= 4 is 34.2 Å². The molecule has 1 aromatic carbocycles. The molecule has 1 heterocycles. The van der Waals surface area contributed by atoms with Crippen molar-refractivity contribution in [3.05, 3.63) is 56.5 Å². The van der Waals surface area contributed by atoms with Gasteiger partial charge in [0.25, 0.3) is 0 Å². The Labute approximate surface area is 119 Å². The molecular weight excluding hydrogens is 349 g/mol. The van der Waals surface area contributed by atoms with E-state index in [1.54, 1.807) is 0 Å². The van der Waals surface area contributed by atoms with Gasteiger partial charge in [0.05, 0.1) is 6.54 Å². The smallest absolute Gasteiger partial charge is 0.164 e. The van der Waals surface area contributed by atoms with E-state index in [4.69, 9.17) is 16.0 Å². The van der Waals surface area contributed by atoms with Crippen molar-refractivity contribution in [3.8, 4) is 0 Å². The molecule has 2 aromatic rings. The van der Waals surface area contributed by atoms with Gasteiger partial charge in [-0.25, -0.2) is 0 Å². The summed E-state index contributed by atoms with van der Waals surface area (Å²) in [5, 5.41) is 4.17. The predicted molar refractivity (Wildman–Crippen MR) is 78.1 cm³/mol. The average Bonchev–Trinajstić information content (AvgIpc) is 2.73. The molecule has 1 atom stereocenters. The van der Waals surface area contributed by atoms with Crippen molar-refractivity contribution in [3.63, 3.8) is 0 Å². The van der Waals surface area contributed by atoms with Gasteiger partial charge in [0.15, 0.2) is 3.77 Å². The zero-order chi connectivity index (χ0) is 12.3. The highest BCUT2D eigenvalue weighted by molar-refractivity contribution is 14.1. The topological polar surface area (TPSA) is 25.2 Å². The molecule has 4 heteroatoms. The lowest BCUT2D eigenvalue weighted by atomic mass is 10.1. The molecule has 0 fully saturated rings. The minimum atomic E-state index is 0.273. The van der Waals surface area contributed by atoms with E-state index in [-0.39, 0.29) is 6.04 Å². The largest absolute Gasteiger partial charge is 0.454 e. The van der Waals surface area contributed by atoms with Crippen molar-refractivity contribution in [2.45, 2.75) is 19.5 Å². The molecule has 0 saturated heterocycles. The minimum Gasteiger partial charge on any atom is -0.454 e. The van der Waals surface area contributed by atoms with Crippen LogP contribution in [0.1, 0.15) is 24.3 Å². The highest BCUT2D eigenvalue weighted by atomic mass is 127. The molecular formula is C13H13ClINO. The van der Waals surface area contributed by atoms with Gasteiger partial charge < -0.3 is 9.73 Å². The first kappa shape index (κ1) is 12.9. The number of rotatable bonds is 4. The molecule has 0 spiro atoms. The standard InChI is InChI=1S/C13H13ClINO/c1-9(10-2-4-11(14)5-3-10)16-8-12-6-7-13(15)17-12/h2-7,9,16H,8H2,1H3/t9-/m0/s1. The second-order valence-corrected chi connectivity index (χ2v) is 5.36. The Hall–Kier alpha value is -0.520. The molecule has 0 aliphatic rings. The first-order chi connectivity index (χ1) is 8.15. The molecule has 1 aromatic heterocycles. The van der Waals surface area contributed by atoms with E-state index in [0.717, 1.165) is 21.1 Å². The lowest BCUT2D eigenvalue weighted by Gasteiger charge is -2.13. The van der Waals surface area contributed by atoms with E-state index >= 15 is 0 Å². The van der Waals surface area contributed by atoms with E-state index in [9.17, 15) is 0 Å². The highest BCUT2D eigenvalue weighted by Crippen LogP contribution is 2.17. The van der Waals surface area contributed by atoms with Crippen LogP contribution in [-0.4, -0.2) is 0 Å². The molecule has 0 aliphatic heterocycles. The molecule has 2 nitrogen and oxygen atoms in total. The van der Waals surface area contributed by atoms with E-state index < -0.39 is 0 Å². The summed E-state index contributed by atoms with van der Waals surface area (Å²) in [6.07, 6.45) is 0. The van der Waals surface area contributed by atoms with E-state index in [1.807, 2.05) is 36.4 Å². The van der Waals surface area contributed by atoms with Gasteiger partial charge in [0.2, 0.25) is 0 Å². The number of benzene rings is 1. The Bertz CT molecular complexity index is 480. The molecule has 0 radical (unpaired) electrons. The number of nitrogens with one attached hydrogen (secondary N) is 1. The quantitative estimate of drug-likeness (QED) is 0.817. The molecule has 1 N–H and O–H groups in total. The van der Waals surface area contributed by atoms with E-state index in [2.05, 4.69) is 34.8 Å².